The van der Waals surface area contributed by atoms with Crippen LogP contribution >= 0.6 is 11.3 Å². The Morgan fingerprint density at radius 1 is 1.53 bits per heavy atom. The molecule has 0 fully saturated rings. The van der Waals surface area contributed by atoms with Crippen molar-refractivity contribution in [2.45, 2.75) is 13.3 Å². The second-order valence-corrected chi connectivity index (χ2v) is 4.02. The van der Waals surface area contributed by atoms with Gasteiger partial charge in [0.05, 0.1) is 10.2 Å². The van der Waals surface area contributed by atoms with E-state index in [4.69, 9.17) is 5.84 Å². The van der Waals surface area contributed by atoms with Gasteiger partial charge in [-0.25, -0.2) is 10.8 Å². The molecule has 1 aromatic heterocycles. The van der Waals surface area contributed by atoms with E-state index in [1.165, 1.54) is 16.5 Å². The summed E-state index contributed by atoms with van der Waals surface area (Å²) in [5.74, 6) is 5.73. The molecule has 0 aliphatic rings. The number of rotatable bonds is 3. The first kappa shape index (κ1) is 10.1. The Hall–Kier alpha value is -1.46. The predicted octanol–water partition coefficient (Wildman–Crippen LogP) is 2.37. The Morgan fingerprint density at radius 2 is 2.33 bits per heavy atom. The van der Waals surface area contributed by atoms with E-state index >= 15 is 0 Å². The highest BCUT2D eigenvalue weighted by molar-refractivity contribution is 7.22. The van der Waals surface area contributed by atoms with E-state index in [-0.39, 0.29) is 0 Å². The van der Waals surface area contributed by atoms with Crippen LogP contribution in [0.1, 0.15) is 13.3 Å². The number of nitrogens with zero attached hydrogens (tertiary/aromatic N) is 3. The molecule has 0 saturated carbocycles. The lowest BCUT2D eigenvalue weighted by Gasteiger charge is -2.05. The van der Waals surface area contributed by atoms with E-state index in [1.54, 1.807) is 6.21 Å². The number of hydrogen-bond donors (Lipinski definition) is 1. The molecule has 1 heterocycles. The molecule has 0 saturated heterocycles. The van der Waals surface area contributed by atoms with Crippen molar-refractivity contribution >= 4 is 32.9 Å². The predicted molar refractivity (Wildman–Crippen MR) is 65.1 cm³/mol. The molecule has 0 unspecified atom stereocenters. The van der Waals surface area contributed by atoms with Gasteiger partial charge in [0.2, 0.25) is 5.13 Å². The molecular weight excluding hydrogens is 208 g/mol. The van der Waals surface area contributed by atoms with Crippen molar-refractivity contribution in [1.82, 2.24) is 4.98 Å². The van der Waals surface area contributed by atoms with Gasteiger partial charge in [-0.3, -0.25) is 0 Å². The van der Waals surface area contributed by atoms with E-state index in [0.29, 0.717) is 5.13 Å². The topological polar surface area (TPSA) is 54.5 Å². The number of anilines is 1. The van der Waals surface area contributed by atoms with Crippen LogP contribution in [-0.2, 0) is 0 Å². The molecule has 0 atom stereocenters. The lowest BCUT2D eigenvalue weighted by molar-refractivity contribution is 0.918. The Morgan fingerprint density at radius 3 is 3.07 bits per heavy atom. The van der Waals surface area contributed by atoms with Gasteiger partial charge in [-0.2, -0.15) is 10.2 Å². The largest absolute Gasteiger partial charge is 0.224 e. The van der Waals surface area contributed by atoms with Crippen LogP contribution in [0.2, 0.25) is 0 Å². The fourth-order valence-electron chi connectivity index (χ4n) is 1.18. The summed E-state index contributed by atoms with van der Waals surface area (Å²) in [6, 6.07) is 7.93. The highest BCUT2D eigenvalue weighted by Crippen LogP contribution is 2.26. The molecule has 1 aromatic carbocycles. The molecule has 0 amide bonds. The SMILES string of the molecule is CCC=NN(N)c1nc2ccccc2s1. The zero-order chi connectivity index (χ0) is 10.7. The molecule has 2 N–H and O–H groups in total. The summed E-state index contributed by atoms with van der Waals surface area (Å²) in [6.45, 7) is 2.01. The molecule has 0 radical (unpaired) electrons. The minimum atomic E-state index is 0.709. The van der Waals surface area contributed by atoms with Crippen LogP contribution in [0, 0.1) is 0 Å². The van der Waals surface area contributed by atoms with E-state index in [2.05, 4.69) is 10.1 Å². The van der Waals surface area contributed by atoms with Crippen LogP contribution in [0.5, 0.6) is 0 Å². The van der Waals surface area contributed by atoms with E-state index in [9.17, 15) is 0 Å². The van der Waals surface area contributed by atoms with Gasteiger partial charge in [0.1, 0.15) is 0 Å². The zero-order valence-electron chi connectivity index (χ0n) is 8.42. The smallest absolute Gasteiger partial charge is 0.222 e. The van der Waals surface area contributed by atoms with Gasteiger partial charge >= 0.3 is 0 Å². The van der Waals surface area contributed by atoms with Crippen LogP contribution < -0.4 is 11.0 Å². The maximum absolute atomic E-state index is 5.73. The summed E-state index contributed by atoms with van der Waals surface area (Å²) >= 11 is 1.53. The summed E-state index contributed by atoms with van der Waals surface area (Å²) in [4.78, 5) is 4.37. The molecule has 0 spiro atoms. The monoisotopic (exact) mass is 220 g/mol. The first-order valence-electron chi connectivity index (χ1n) is 4.74. The highest BCUT2D eigenvalue weighted by atomic mass is 32.1. The van der Waals surface area contributed by atoms with Gasteiger partial charge in [-0.1, -0.05) is 30.4 Å². The Kier molecular flexibility index (Phi) is 2.94. The molecule has 0 aliphatic heterocycles. The minimum Gasteiger partial charge on any atom is -0.224 e. The summed E-state index contributed by atoms with van der Waals surface area (Å²) < 4.78 is 1.12. The number of para-hydroxylation sites is 1. The maximum Gasteiger partial charge on any atom is 0.222 e. The molecule has 0 bridgehead atoms. The number of fused-ring (bicyclic) bond motifs is 1. The number of nitrogens with two attached hydrogens (primary N) is 1. The van der Waals surface area contributed by atoms with E-state index in [1.807, 2.05) is 31.2 Å². The number of hydrazone groups is 1. The summed E-state index contributed by atoms with van der Waals surface area (Å²) in [5, 5.41) is 6.06. The van der Waals surface area contributed by atoms with Gasteiger partial charge in [0.25, 0.3) is 0 Å². The standard InChI is InChI=1S/C10H12N4S/c1-2-7-12-14(11)10-13-8-5-3-4-6-9(8)15-10/h3-7H,2,11H2,1H3. The summed E-state index contributed by atoms with van der Waals surface area (Å²) in [5.41, 5.74) is 0.958. The van der Waals surface area contributed by atoms with Crippen molar-refractivity contribution in [3.05, 3.63) is 24.3 Å². The molecule has 2 aromatic rings. The van der Waals surface area contributed by atoms with Crippen LogP contribution in [0.3, 0.4) is 0 Å². The average molecular weight is 220 g/mol. The number of hydrazine groups is 1. The van der Waals surface area contributed by atoms with Crippen molar-refractivity contribution in [2.75, 3.05) is 5.12 Å². The molecule has 2 rings (SSSR count). The zero-order valence-corrected chi connectivity index (χ0v) is 9.24. The van der Waals surface area contributed by atoms with Crippen LogP contribution in [0.25, 0.3) is 10.2 Å². The number of aromatic nitrogens is 1. The normalized spacial score (nSPS) is 11.3. The first-order valence-corrected chi connectivity index (χ1v) is 5.55. The second kappa shape index (κ2) is 4.37. The second-order valence-electron chi connectivity index (χ2n) is 3.02. The third-order valence-electron chi connectivity index (χ3n) is 1.87. The van der Waals surface area contributed by atoms with Crippen molar-refractivity contribution in [1.29, 1.82) is 0 Å². The van der Waals surface area contributed by atoms with E-state index < -0.39 is 0 Å². The van der Waals surface area contributed by atoms with Crippen LogP contribution in [-0.4, -0.2) is 11.2 Å². The molecule has 15 heavy (non-hydrogen) atoms. The Labute approximate surface area is 92.0 Å². The van der Waals surface area contributed by atoms with Gasteiger partial charge in [-0.15, -0.1) is 0 Å². The van der Waals surface area contributed by atoms with Crippen molar-refractivity contribution in [3.63, 3.8) is 0 Å². The lowest BCUT2D eigenvalue weighted by atomic mass is 10.3. The van der Waals surface area contributed by atoms with Crippen LogP contribution in [0.4, 0.5) is 5.13 Å². The molecule has 5 heteroatoms. The number of benzene rings is 1. The fourth-order valence-corrected chi connectivity index (χ4v) is 2.02. The van der Waals surface area contributed by atoms with Gasteiger partial charge in [-0.05, 0) is 18.6 Å². The van der Waals surface area contributed by atoms with Crippen molar-refractivity contribution < 1.29 is 0 Å². The third-order valence-corrected chi connectivity index (χ3v) is 2.89. The van der Waals surface area contributed by atoms with Gasteiger partial charge in [0, 0.05) is 6.21 Å². The van der Waals surface area contributed by atoms with Gasteiger partial charge < -0.3 is 0 Å². The van der Waals surface area contributed by atoms with Gasteiger partial charge in [0.15, 0.2) is 0 Å². The maximum atomic E-state index is 5.73. The lowest BCUT2D eigenvalue weighted by Crippen LogP contribution is -2.24. The highest BCUT2D eigenvalue weighted by Gasteiger charge is 2.06. The summed E-state index contributed by atoms with van der Waals surface area (Å²) in [6.07, 6.45) is 2.62. The molecule has 4 nitrogen and oxygen atoms in total. The quantitative estimate of drug-likeness (QED) is 0.491. The fraction of sp³-hybridized carbons (Fsp3) is 0.200. The molecule has 78 valence electrons. The van der Waals surface area contributed by atoms with Crippen molar-refractivity contribution in [2.24, 2.45) is 10.9 Å². The Balaban J connectivity index is 2.32. The average Bonchev–Trinajstić information content (AvgIpc) is 2.69. The molecule has 0 aliphatic carbocycles. The Bertz CT molecular complexity index is 444. The summed E-state index contributed by atoms with van der Waals surface area (Å²) in [7, 11) is 0. The number of hydrogen-bond acceptors (Lipinski definition) is 5. The van der Waals surface area contributed by atoms with Crippen molar-refractivity contribution in [3.8, 4) is 0 Å². The first-order chi connectivity index (χ1) is 7.31. The van der Waals surface area contributed by atoms with E-state index in [0.717, 1.165) is 16.6 Å². The van der Waals surface area contributed by atoms with Crippen LogP contribution in [0.15, 0.2) is 29.4 Å². The minimum absolute atomic E-state index is 0.709. The third kappa shape index (κ3) is 2.14. The molecular formula is C10H12N4S. The number of thiazole rings is 1.